The molecule has 0 heterocycles. The minimum atomic E-state index is -0.561. The van der Waals surface area contributed by atoms with Gasteiger partial charge < -0.3 is 15.4 Å². The van der Waals surface area contributed by atoms with Gasteiger partial charge in [-0.3, -0.25) is 9.59 Å². The van der Waals surface area contributed by atoms with E-state index in [4.69, 9.17) is 4.74 Å². The van der Waals surface area contributed by atoms with Gasteiger partial charge in [-0.25, -0.2) is 4.39 Å². The lowest BCUT2D eigenvalue weighted by atomic mass is 10.0. The summed E-state index contributed by atoms with van der Waals surface area (Å²) >= 11 is 0. The van der Waals surface area contributed by atoms with Crippen molar-refractivity contribution in [2.24, 2.45) is 5.92 Å². The summed E-state index contributed by atoms with van der Waals surface area (Å²) in [7, 11) is 0. The van der Waals surface area contributed by atoms with E-state index in [1.807, 2.05) is 26.0 Å². The largest absolute Gasteiger partial charge is 0.457 e. The second-order valence-corrected chi connectivity index (χ2v) is 6.34. The lowest BCUT2D eigenvalue weighted by molar-refractivity contribution is -0.129. The zero-order chi connectivity index (χ0) is 19.1. The number of carbonyl (C=O) groups excluding carboxylic acids is 2. The highest BCUT2D eigenvalue weighted by Gasteiger charge is 2.22. The predicted octanol–water partition coefficient (Wildman–Crippen LogP) is 3.39. The van der Waals surface area contributed by atoms with Gasteiger partial charge in [-0.2, -0.15) is 0 Å². The van der Waals surface area contributed by atoms with Crippen LogP contribution in [0.4, 0.5) is 4.39 Å². The minimum absolute atomic E-state index is 0.00890. The molecule has 2 aromatic carbocycles. The fourth-order valence-corrected chi connectivity index (χ4v) is 2.37. The van der Waals surface area contributed by atoms with Crippen molar-refractivity contribution in [2.75, 3.05) is 0 Å². The number of rotatable bonds is 7. The Morgan fingerprint density at radius 2 is 1.54 bits per heavy atom. The molecule has 0 bridgehead atoms. The van der Waals surface area contributed by atoms with E-state index in [-0.39, 0.29) is 23.5 Å². The van der Waals surface area contributed by atoms with Crippen LogP contribution in [0.25, 0.3) is 0 Å². The molecule has 1 atom stereocenters. The summed E-state index contributed by atoms with van der Waals surface area (Å²) in [6.07, 6.45) is 0. The molecule has 5 nitrogen and oxygen atoms in total. The Morgan fingerprint density at radius 3 is 2.04 bits per heavy atom. The smallest absolute Gasteiger partial charge is 0.243 e. The Hall–Kier alpha value is -2.89. The van der Waals surface area contributed by atoms with Crippen LogP contribution in [-0.2, 0) is 16.1 Å². The van der Waals surface area contributed by atoms with Crippen molar-refractivity contribution in [3.8, 4) is 11.5 Å². The van der Waals surface area contributed by atoms with Gasteiger partial charge in [-0.15, -0.1) is 0 Å². The highest BCUT2D eigenvalue weighted by atomic mass is 19.1. The monoisotopic (exact) mass is 358 g/mol. The van der Waals surface area contributed by atoms with Crippen LogP contribution >= 0.6 is 0 Å². The minimum Gasteiger partial charge on any atom is -0.457 e. The maximum Gasteiger partial charge on any atom is 0.243 e. The Bertz CT molecular complexity index is 743. The number of hydrogen-bond acceptors (Lipinski definition) is 3. The number of nitrogens with one attached hydrogen (secondary N) is 2. The molecule has 2 rings (SSSR count). The number of benzene rings is 2. The van der Waals surface area contributed by atoms with Crippen molar-refractivity contribution in [3.63, 3.8) is 0 Å². The van der Waals surface area contributed by atoms with Crippen LogP contribution < -0.4 is 15.4 Å². The highest BCUT2D eigenvalue weighted by Crippen LogP contribution is 2.21. The standard InChI is InChI=1S/C20H23FN2O3/c1-13(2)19(23-14(3)24)20(25)22-12-15-4-8-17(9-5-15)26-18-10-6-16(21)7-11-18/h4-11,13,19H,12H2,1-3H3,(H,22,25)(H,23,24)/t19-/m1/s1. The van der Waals surface area contributed by atoms with E-state index >= 15 is 0 Å². The van der Waals surface area contributed by atoms with Gasteiger partial charge in [-0.1, -0.05) is 26.0 Å². The summed E-state index contributed by atoms with van der Waals surface area (Å²) in [5, 5.41) is 5.48. The molecular weight excluding hydrogens is 335 g/mol. The fraction of sp³-hybridized carbons (Fsp3) is 0.300. The van der Waals surface area contributed by atoms with Crippen LogP contribution in [0.2, 0.25) is 0 Å². The topological polar surface area (TPSA) is 67.4 Å². The van der Waals surface area contributed by atoms with Gasteiger partial charge in [-0.05, 0) is 47.9 Å². The van der Waals surface area contributed by atoms with E-state index in [2.05, 4.69) is 10.6 Å². The molecule has 138 valence electrons. The predicted molar refractivity (Wildman–Crippen MR) is 97.2 cm³/mol. The number of hydrogen-bond donors (Lipinski definition) is 2. The third kappa shape index (κ3) is 5.88. The van der Waals surface area contributed by atoms with E-state index in [0.29, 0.717) is 18.0 Å². The van der Waals surface area contributed by atoms with E-state index in [9.17, 15) is 14.0 Å². The van der Waals surface area contributed by atoms with Crippen molar-refractivity contribution in [1.82, 2.24) is 10.6 Å². The lowest BCUT2D eigenvalue weighted by Crippen LogP contribution is -2.48. The summed E-state index contributed by atoms with van der Waals surface area (Å²) in [5.74, 6) is 0.378. The molecular formula is C20H23FN2O3. The number of amides is 2. The van der Waals surface area contributed by atoms with E-state index in [1.165, 1.54) is 19.1 Å². The number of carbonyl (C=O) groups is 2. The molecule has 0 aromatic heterocycles. The van der Waals surface area contributed by atoms with E-state index in [0.717, 1.165) is 5.56 Å². The summed E-state index contributed by atoms with van der Waals surface area (Å²) in [5.41, 5.74) is 0.898. The third-order valence-electron chi connectivity index (χ3n) is 3.75. The first kappa shape index (κ1) is 19.4. The Kier molecular flexibility index (Phi) is 6.72. The summed E-state index contributed by atoms with van der Waals surface area (Å²) < 4.78 is 18.5. The summed E-state index contributed by atoms with van der Waals surface area (Å²) in [4.78, 5) is 23.5. The van der Waals surface area contributed by atoms with Crippen LogP contribution in [0, 0.1) is 11.7 Å². The maximum absolute atomic E-state index is 12.9. The average molecular weight is 358 g/mol. The fourth-order valence-electron chi connectivity index (χ4n) is 2.37. The zero-order valence-electron chi connectivity index (χ0n) is 15.1. The summed E-state index contributed by atoms with van der Waals surface area (Å²) in [6.45, 7) is 5.49. The van der Waals surface area contributed by atoms with Gasteiger partial charge in [0.25, 0.3) is 0 Å². The van der Waals surface area contributed by atoms with Crippen LogP contribution in [-0.4, -0.2) is 17.9 Å². The van der Waals surface area contributed by atoms with Gasteiger partial charge in [0.15, 0.2) is 0 Å². The first-order valence-corrected chi connectivity index (χ1v) is 8.42. The van der Waals surface area contributed by atoms with Crippen molar-refractivity contribution >= 4 is 11.8 Å². The molecule has 0 saturated heterocycles. The molecule has 0 fully saturated rings. The van der Waals surface area contributed by atoms with Crippen molar-refractivity contribution < 1.29 is 18.7 Å². The highest BCUT2D eigenvalue weighted by molar-refractivity contribution is 5.87. The van der Waals surface area contributed by atoms with Crippen molar-refractivity contribution in [2.45, 2.75) is 33.4 Å². The SMILES string of the molecule is CC(=O)N[C@@H](C(=O)NCc1ccc(Oc2ccc(F)cc2)cc1)C(C)C. The second kappa shape index (κ2) is 8.99. The lowest BCUT2D eigenvalue weighted by Gasteiger charge is -2.21. The van der Waals surface area contributed by atoms with Crippen molar-refractivity contribution in [1.29, 1.82) is 0 Å². The maximum atomic E-state index is 12.9. The van der Waals surface area contributed by atoms with E-state index < -0.39 is 6.04 Å². The molecule has 0 aliphatic heterocycles. The molecule has 26 heavy (non-hydrogen) atoms. The molecule has 2 amide bonds. The Labute approximate surface area is 152 Å². The molecule has 2 aromatic rings. The summed E-state index contributed by atoms with van der Waals surface area (Å²) in [6, 6.07) is 12.4. The van der Waals surface area contributed by atoms with E-state index in [1.54, 1.807) is 24.3 Å². The van der Waals surface area contributed by atoms with Gasteiger partial charge in [0, 0.05) is 13.5 Å². The van der Waals surface area contributed by atoms with Crippen LogP contribution in [0.5, 0.6) is 11.5 Å². The third-order valence-corrected chi connectivity index (χ3v) is 3.75. The van der Waals surface area contributed by atoms with Crippen LogP contribution in [0.15, 0.2) is 48.5 Å². The molecule has 0 unspecified atom stereocenters. The van der Waals surface area contributed by atoms with Gasteiger partial charge in [0.05, 0.1) is 0 Å². The molecule has 0 aliphatic carbocycles. The molecule has 0 spiro atoms. The quantitative estimate of drug-likeness (QED) is 0.797. The molecule has 2 N–H and O–H groups in total. The number of halogens is 1. The Morgan fingerprint density at radius 1 is 1.00 bits per heavy atom. The van der Waals surface area contributed by atoms with Gasteiger partial charge in [0.1, 0.15) is 23.4 Å². The molecule has 0 radical (unpaired) electrons. The molecule has 0 saturated carbocycles. The molecule has 0 aliphatic rings. The van der Waals surface area contributed by atoms with Gasteiger partial charge in [0.2, 0.25) is 11.8 Å². The average Bonchev–Trinajstić information content (AvgIpc) is 2.60. The first-order chi connectivity index (χ1) is 12.3. The number of ether oxygens (including phenoxy) is 1. The van der Waals surface area contributed by atoms with Crippen LogP contribution in [0.1, 0.15) is 26.3 Å². The Balaban J connectivity index is 1.91. The first-order valence-electron chi connectivity index (χ1n) is 8.42. The zero-order valence-corrected chi connectivity index (χ0v) is 15.1. The molecule has 6 heteroatoms. The normalized spacial score (nSPS) is 11.7. The van der Waals surface area contributed by atoms with Crippen LogP contribution in [0.3, 0.4) is 0 Å². The van der Waals surface area contributed by atoms with Gasteiger partial charge >= 0.3 is 0 Å². The van der Waals surface area contributed by atoms with Crippen molar-refractivity contribution in [3.05, 3.63) is 59.9 Å². The second-order valence-electron chi connectivity index (χ2n) is 6.34.